The van der Waals surface area contributed by atoms with Crippen molar-refractivity contribution in [2.75, 3.05) is 134 Å². The van der Waals surface area contributed by atoms with Gasteiger partial charge in [0.15, 0.2) is 0 Å². The molecule has 4 heterocycles. The zero-order valence-corrected chi connectivity index (χ0v) is 47.7. The number of hydrogen-bond donors (Lipinski definition) is 3. The van der Waals surface area contributed by atoms with Crippen LogP contribution in [-0.2, 0) is 24.6 Å². The van der Waals surface area contributed by atoms with Gasteiger partial charge < -0.3 is 30.1 Å². The Labute approximate surface area is 468 Å². The van der Waals surface area contributed by atoms with Crippen LogP contribution in [0.15, 0.2) is 117 Å². The Bertz CT molecular complexity index is 2900. The molecule has 0 aromatic heterocycles. The number of ether oxygens (including phenoxy) is 1. The minimum absolute atomic E-state index is 0.00279. The van der Waals surface area contributed by atoms with Crippen LogP contribution < -0.4 is 20.3 Å². The van der Waals surface area contributed by atoms with Crippen LogP contribution in [0, 0.1) is 11.3 Å². The molecular weight excluding hydrogens is 1080 g/mol. The summed E-state index contributed by atoms with van der Waals surface area (Å²) in [5.41, 5.74) is -0.975. The van der Waals surface area contributed by atoms with Crippen molar-refractivity contribution in [3.05, 3.63) is 119 Å². The number of nitrogens with zero attached hydrogens (tertiary/aromatic N) is 5. The molecule has 9 rings (SSSR count). The molecule has 424 valence electrons. The molecular formula is C57H74ClF3N8O6S3. The van der Waals surface area contributed by atoms with Gasteiger partial charge in [-0.3, -0.25) is 14.6 Å². The third kappa shape index (κ3) is 15.4. The summed E-state index contributed by atoms with van der Waals surface area (Å²) in [5, 5.41) is 7.21. The number of allylic oxidation sites excluding steroid dienone is 1. The van der Waals surface area contributed by atoms with Crippen molar-refractivity contribution in [1.29, 1.82) is 0 Å². The molecule has 78 heavy (non-hydrogen) atoms. The molecule has 0 saturated carbocycles. The van der Waals surface area contributed by atoms with Crippen molar-refractivity contribution in [2.24, 2.45) is 11.3 Å². The Morgan fingerprint density at radius 1 is 0.821 bits per heavy atom. The van der Waals surface area contributed by atoms with E-state index in [1.807, 2.05) is 47.2 Å². The zero-order valence-electron chi connectivity index (χ0n) is 44.5. The van der Waals surface area contributed by atoms with Gasteiger partial charge in [0.05, 0.1) is 23.8 Å². The molecule has 0 radical (unpaired) electrons. The number of thioether (sulfide) groups is 1. The van der Waals surface area contributed by atoms with Gasteiger partial charge >= 0.3 is 5.51 Å². The summed E-state index contributed by atoms with van der Waals surface area (Å²) < 4.78 is 104. The van der Waals surface area contributed by atoms with Crippen LogP contribution in [0.3, 0.4) is 0 Å². The summed E-state index contributed by atoms with van der Waals surface area (Å²) in [6.45, 7) is 18.6. The van der Waals surface area contributed by atoms with E-state index in [9.17, 15) is 34.8 Å². The van der Waals surface area contributed by atoms with E-state index in [-0.39, 0.29) is 11.0 Å². The number of morpholine rings is 1. The first kappa shape index (κ1) is 58.4. The number of carbonyl (C=O) groups is 1. The number of amides is 1. The highest BCUT2D eigenvalue weighted by Crippen LogP contribution is 2.45. The Morgan fingerprint density at radius 2 is 1.51 bits per heavy atom. The second-order valence-corrected chi connectivity index (χ2v) is 27.0. The maximum atomic E-state index is 14.3. The monoisotopic (exact) mass is 1150 g/mol. The van der Waals surface area contributed by atoms with E-state index in [4.69, 9.17) is 16.3 Å². The molecule has 14 nitrogen and oxygen atoms in total. The SMILES string of the molecule is CC1(CN2CCC(CN3CCNCC3)CC2)CCC(c2ccc(Cl)cc2)=C(CN2CCN(c3ccc(C(=O)NS(=O)(=O)c4ccc(NC(CCN5CCOCC5)CSc5ccccc5)c(S(=O)(=O)C(F)(F)F)c4)cc3)CC2)C1. The minimum Gasteiger partial charge on any atom is -0.380 e. The molecule has 0 bridgehead atoms. The molecule has 4 aromatic carbocycles. The lowest BCUT2D eigenvalue weighted by molar-refractivity contribution is -0.0435. The standard InChI is InChI=1S/C57H74ClF3N8O6S3/c1-56(42-68-24-18-43(19-25-68)39-66-27-22-62-23-28-66)21-17-52(44-7-11-47(58)12-8-44)46(38-56)40-67-29-31-69(32-30-67)49-13-9-45(10-14-49)55(70)64-78(73,74)51-15-16-53(54(37-51)77(71,72)57(59,60)61)63-48(20-26-65-33-35-75-36-34-65)41-76-50-5-3-2-4-6-50/h2-16,37,43,48,62-63H,17-36,38-42H2,1H3,(H,64,70). The van der Waals surface area contributed by atoms with Gasteiger partial charge in [-0.25, -0.2) is 21.6 Å². The summed E-state index contributed by atoms with van der Waals surface area (Å²) in [7, 11) is -10.9. The lowest BCUT2D eigenvalue weighted by Crippen LogP contribution is -2.48. The number of halogens is 4. The van der Waals surface area contributed by atoms with E-state index in [1.165, 1.54) is 60.0 Å². The van der Waals surface area contributed by atoms with Crippen LogP contribution in [0.25, 0.3) is 5.57 Å². The first-order valence-corrected chi connectivity index (χ1v) is 31.7. The Kier molecular flexibility index (Phi) is 19.6. The van der Waals surface area contributed by atoms with E-state index in [1.54, 1.807) is 12.1 Å². The summed E-state index contributed by atoms with van der Waals surface area (Å²) in [6, 6.07) is 26.1. The number of likely N-dealkylation sites (tertiary alicyclic amines) is 1. The fourth-order valence-corrected chi connectivity index (χ4v) is 14.8. The van der Waals surface area contributed by atoms with Crippen molar-refractivity contribution in [2.45, 2.75) is 71.7 Å². The highest BCUT2D eigenvalue weighted by Gasteiger charge is 2.48. The number of hydrogen-bond acceptors (Lipinski definition) is 14. The topological polar surface area (TPSA) is 147 Å². The predicted molar refractivity (Wildman–Crippen MR) is 305 cm³/mol. The number of piperidine rings is 1. The second-order valence-electron chi connectivity index (χ2n) is 21.9. The van der Waals surface area contributed by atoms with Gasteiger partial charge in [0.1, 0.15) is 4.90 Å². The van der Waals surface area contributed by atoms with E-state index < -0.39 is 52.8 Å². The van der Waals surface area contributed by atoms with Crippen LogP contribution >= 0.6 is 23.4 Å². The second kappa shape index (κ2) is 26.1. The molecule has 2 unspecified atom stereocenters. The molecule has 21 heteroatoms. The van der Waals surface area contributed by atoms with E-state index >= 15 is 0 Å². The highest BCUT2D eigenvalue weighted by atomic mass is 35.5. The third-order valence-corrected chi connectivity index (χ3v) is 20.4. The zero-order chi connectivity index (χ0) is 54.9. The fraction of sp³-hybridized carbons (Fsp3) is 0.526. The summed E-state index contributed by atoms with van der Waals surface area (Å²) in [6.07, 6.45) is 6.15. The normalized spacial score (nSPS) is 21.6. The van der Waals surface area contributed by atoms with Crippen LogP contribution in [0.5, 0.6) is 0 Å². The molecule has 4 saturated heterocycles. The highest BCUT2D eigenvalue weighted by molar-refractivity contribution is 7.99. The average Bonchev–Trinajstić information content (AvgIpc) is 3.59. The lowest BCUT2D eigenvalue weighted by Gasteiger charge is -2.44. The van der Waals surface area contributed by atoms with Gasteiger partial charge in [-0.2, -0.15) is 13.2 Å². The van der Waals surface area contributed by atoms with Gasteiger partial charge in [-0.05, 0) is 141 Å². The number of benzene rings is 4. The molecule has 4 aliphatic heterocycles. The largest absolute Gasteiger partial charge is 0.501 e. The number of carbonyl (C=O) groups excluding carboxylic acids is 1. The Morgan fingerprint density at radius 3 is 2.19 bits per heavy atom. The quantitative estimate of drug-likeness (QED) is 0.0728. The number of sulfonamides is 1. The summed E-state index contributed by atoms with van der Waals surface area (Å²) in [5.74, 6) is 0.122. The minimum atomic E-state index is -6.07. The van der Waals surface area contributed by atoms with Crippen LogP contribution in [0.4, 0.5) is 24.5 Å². The number of alkyl halides is 3. The Balaban J connectivity index is 0.823. The number of sulfone groups is 1. The van der Waals surface area contributed by atoms with Gasteiger partial charge in [0.2, 0.25) is 0 Å². The first-order chi connectivity index (χ1) is 37.4. The molecule has 1 amide bonds. The van der Waals surface area contributed by atoms with Crippen molar-refractivity contribution < 1.29 is 39.5 Å². The number of piperazine rings is 2. The average molecular weight is 1160 g/mol. The van der Waals surface area contributed by atoms with E-state index in [2.05, 4.69) is 54.2 Å². The number of nitrogens with one attached hydrogen (secondary N) is 3. The predicted octanol–water partition coefficient (Wildman–Crippen LogP) is 8.43. The van der Waals surface area contributed by atoms with Crippen molar-refractivity contribution >= 4 is 66.1 Å². The third-order valence-electron chi connectivity index (χ3n) is 16.1. The number of rotatable bonds is 20. The van der Waals surface area contributed by atoms with Gasteiger partial charge in [0, 0.05) is 125 Å². The Hall–Kier alpha value is -4.22. The fourth-order valence-electron chi connectivity index (χ4n) is 11.7. The van der Waals surface area contributed by atoms with E-state index in [0.717, 1.165) is 131 Å². The van der Waals surface area contributed by atoms with Crippen molar-refractivity contribution in [1.82, 2.24) is 29.6 Å². The molecule has 0 spiro atoms. The molecule has 4 fully saturated rings. The molecule has 2 atom stereocenters. The molecule has 5 aliphatic rings. The van der Waals surface area contributed by atoms with Crippen molar-refractivity contribution in [3.8, 4) is 0 Å². The molecule has 1 aliphatic carbocycles. The summed E-state index contributed by atoms with van der Waals surface area (Å²) in [4.78, 5) is 24.6. The summed E-state index contributed by atoms with van der Waals surface area (Å²) >= 11 is 7.80. The molecule has 3 N–H and O–H groups in total. The van der Waals surface area contributed by atoms with Gasteiger partial charge in [-0.1, -0.05) is 54.4 Å². The van der Waals surface area contributed by atoms with Crippen molar-refractivity contribution in [3.63, 3.8) is 0 Å². The maximum Gasteiger partial charge on any atom is 0.501 e. The lowest BCUT2D eigenvalue weighted by atomic mass is 9.71. The smallest absolute Gasteiger partial charge is 0.380 e. The first-order valence-electron chi connectivity index (χ1n) is 27.4. The maximum absolute atomic E-state index is 14.3. The van der Waals surface area contributed by atoms with E-state index in [0.29, 0.717) is 51.1 Å². The molecule has 4 aromatic rings. The van der Waals surface area contributed by atoms with Gasteiger partial charge in [0.25, 0.3) is 25.8 Å². The van der Waals surface area contributed by atoms with Gasteiger partial charge in [-0.15, -0.1) is 11.8 Å². The van der Waals surface area contributed by atoms with Crippen LogP contribution in [0.2, 0.25) is 5.02 Å². The van der Waals surface area contributed by atoms with Crippen LogP contribution in [0.1, 0.15) is 61.4 Å². The van der Waals surface area contributed by atoms with Crippen LogP contribution in [-0.4, -0.2) is 178 Å². The number of anilines is 2.